The number of ether oxygens (including phenoxy) is 1. The molecule has 0 spiro atoms. The Morgan fingerprint density at radius 2 is 1.92 bits per heavy atom. The maximum absolute atomic E-state index is 5.41. The van der Waals surface area contributed by atoms with Gasteiger partial charge in [-0.3, -0.25) is 0 Å². The van der Waals surface area contributed by atoms with E-state index in [1.165, 1.54) is 12.8 Å². The number of aromatic nitrogens is 2. The highest BCUT2D eigenvalue weighted by Crippen LogP contribution is 2.23. The van der Waals surface area contributed by atoms with E-state index in [1.807, 2.05) is 24.3 Å². The van der Waals surface area contributed by atoms with Gasteiger partial charge in [0.05, 0.1) is 13.2 Å². The number of nitrogens with zero attached hydrogens (tertiary/aromatic N) is 3. The third-order valence-electron chi connectivity index (χ3n) is 4.20. The monoisotopic (exact) mass is 357 g/mol. The molecule has 2 N–H and O–H groups in total. The maximum Gasteiger partial charge on any atom is 0.234 e. The van der Waals surface area contributed by atoms with Gasteiger partial charge in [0, 0.05) is 19.2 Å². The lowest BCUT2D eigenvalue weighted by Crippen LogP contribution is -2.31. The highest BCUT2D eigenvalue weighted by molar-refractivity contribution is 7.80. The van der Waals surface area contributed by atoms with Crippen molar-refractivity contribution in [1.82, 2.24) is 15.3 Å². The molecule has 25 heavy (non-hydrogen) atoms. The Kier molecular flexibility index (Phi) is 5.65. The average molecular weight is 357 g/mol. The Balaban J connectivity index is 1.68. The Morgan fingerprint density at radius 3 is 2.60 bits per heavy atom. The first-order valence-corrected chi connectivity index (χ1v) is 8.87. The molecule has 0 aliphatic carbocycles. The smallest absolute Gasteiger partial charge is 0.234 e. The topological polar surface area (TPSA) is 62.3 Å². The molecule has 0 bridgehead atoms. The fraction of sp³-hybridized carbons (Fsp3) is 0.389. The summed E-state index contributed by atoms with van der Waals surface area (Å²) in [4.78, 5) is 11.2. The molecule has 132 valence electrons. The van der Waals surface area contributed by atoms with Crippen molar-refractivity contribution in [2.75, 3.05) is 30.4 Å². The van der Waals surface area contributed by atoms with Crippen molar-refractivity contribution in [3.63, 3.8) is 0 Å². The molecular weight excluding hydrogens is 334 g/mol. The van der Waals surface area contributed by atoms with Gasteiger partial charge < -0.3 is 20.3 Å². The van der Waals surface area contributed by atoms with Crippen molar-refractivity contribution in [3.8, 4) is 5.88 Å². The number of benzene rings is 1. The third kappa shape index (κ3) is 4.57. The summed E-state index contributed by atoms with van der Waals surface area (Å²) in [5.41, 5.74) is 1.16. The van der Waals surface area contributed by atoms with Crippen LogP contribution in [0.25, 0.3) is 0 Å². The molecule has 1 saturated heterocycles. The number of anilines is 2. The van der Waals surface area contributed by atoms with E-state index in [2.05, 4.69) is 44.6 Å². The highest BCUT2D eigenvalue weighted by atomic mass is 32.1. The molecule has 0 amide bonds. The van der Waals surface area contributed by atoms with E-state index < -0.39 is 0 Å². The summed E-state index contributed by atoms with van der Waals surface area (Å²) in [7, 11) is 1.61. The molecule has 1 atom stereocenters. The molecule has 6 nitrogen and oxygen atoms in total. The van der Waals surface area contributed by atoms with Crippen LogP contribution in [0.4, 0.5) is 11.8 Å². The first-order chi connectivity index (χ1) is 12.2. The van der Waals surface area contributed by atoms with Crippen LogP contribution in [-0.4, -0.2) is 35.3 Å². The Morgan fingerprint density at radius 1 is 1.20 bits per heavy atom. The molecule has 1 aromatic carbocycles. The van der Waals surface area contributed by atoms with Gasteiger partial charge in [-0.15, -0.1) is 0 Å². The number of hydrogen-bond acceptors (Lipinski definition) is 5. The van der Waals surface area contributed by atoms with Gasteiger partial charge in [-0.2, -0.15) is 9.97 Å². The van der Waals surface area contributed by atoms with Crippen LogP contribution in [0.15, 0.2) is 36.4 Å². The Bertz CT molecular complexity index is 719. The van der Waals surface area contributed by atoms with E-state index in [9.17, 15) is 0 Å². The third-order valence-corrected chi connectivity index (χ3v) is 4.42. The number of nitrogens with one attached hydrogen (secondary N) is 2. The molecule has 1 aliphatic rings. The van der Waals surface area contributed by atoms with Crippen molar-refractivity contribution in [3.05, 3.63) is 42.0 Å². The Hall–Kier alpha value is -2.41. The summed E-state index contributed by atoms with van der Waals surface area (Å²) in [5.74, 6) is 1.84. The van der Waals surface area contributed by atoms with Crippen molar-refractivity contribution in [2.45, 2.75) is 25.8 Å². The van der Waals surface area contributed by atoms with Crippen molar-refractivity contribution in [1.29, 1.82) is 0 Å². The van der Waals surface area contributed by atoms with Gasteiger partial charge in [-0.1, -0.05) is 30.3 Å². The standard InChI is InChI=1S/C18H23N5OS/c1-13(14-8-4-3-5-9-14)19-18(25)22-17-20-15(12-16(21-17)24-2)23-10-6-7-11-23/h3-5,8-9,12-13H,6-7,10-11H2,1-2H3,(H2,19,20,21,22,25). The fourth-order valence-corrected chi connectivity index (χ4v) is 3.11. The summed E-state index contributed by atoms with van der Waals surface area (Å²) >= 11 is 5.41. The second-order valence-electron chi connectivity index (χ2n) is 6.02. The minimum absolute atomic E-state index is 0.0878. The second-order valence-corrected chi connectivity index (χ2v) is 6.43. The van der Waals surface area contributed by atoms with E-state index in [0.717, 1.165) is 24.5 Å². The zero-order chi connectivity index (χ0) is 17.6. The average Bonchev–Trinajstić information content (AvgIpc) is 3.16. The normalized spacial score (nSPS) is 14.9. The van der Waals surface area contributed by atoms with Gasteiger partial charge in [0.15, 0.2) is 5.11 Å². The molecule has 1 aliphatic heterocycles. The van der Waals surface area contributed by atoms with Crippen LogP contribution in [0.5, 0.6) is 5.88 Å². The van der Waals surface area contributed by atoms with E-state index >= 15 is 0 Å². The van der Waals surface area contributed by atoms with E-state index in [1.54, 1.807) is 7.11 Å². The van der Waals surface area contributed by atoms with E-state index in [-0.39, 0.29) is 6.04 Å². The quantitative estimate of drug-likeness (QED) is 0.797. The van der Waals surface area contributed by atoms with Gasteiger partial charge in [0.1, 0.15) is 5.82 Å². The van der Waals surface area contributed by atoms with Crippen molar-refractivity contribution < 1.29 is 4.74 Å². The lowest BCUT2D eigenvalue weighted by atomic mass is 10.1. The summed E-state index contributed by atoms with van der Waals surface area (Å²) in [6.07, 6.45) is 2.37. The molecule has 3 rings (SSSR count). The summed E-state index contributed by atoms with van der Waals surface area (Å²) in [6.45, 7) is 4.08. The van der Waals surface area contributed by atoms with E-state index in [0.29, 0.717) is 16.9 Å². The molecule has 1 fully saturated rings. The lowest BCUT2D eigenvalue weighted by Gasteiger charge is -2.19. The van der Waals surface area contributed by atoms with Gasteiger partial charge in [-0.25, -0.2) is 0 Å². The minimum atomic E-state index is 0.0878. The number of rotatable bonds is 5. The van der Waals surface area contributed by atoms with Crippen LogP contribution >= 0.6 is 12.2 Å². The number of thiocarbonyl (C=S) groups is 1. The van der Waals surface area contributed by atoms with Crippen molar-refractivity contribution >= 4 is 29.1 Å². The zero-order valence-electron chi connectivity index (χ0n) is 14.5. The van der Waals surface area contributed by atoms with Gasteiger partial charge in [0.25, 0.3) is 0 Å². The summed E-state index contributed by atoms with van der Waals surface area (Å²) in [5, 5.41) is 6.81. The largest absolute Gasteiger partial charge is 0.481 e. The molecule has 2 heterocycles. The van der Waals surface area contributed by atoms with E-state index in [4.69, 9.17) is 17.0 Å². The fourth-order valence-electron chi connectivity index (χ4n) is 2.84. The molecule has 1 aromatic heterocycles. The molecule has 7 heteroatoms. The van der Waals surface area contributed by atoms with Gasteiger partial charge in [-0.05, 0) is 37.5 Å². The maximum atomic E-state index is 5.41. The molecule has 2 aromatic rings. The lowest BCUT2D eigenvalue weighted by molar-refractivity contribution is 0.397. The number of methoxy groups -OCH3 is 1. The summed E-state index contributed by atoms with van der Waals surface area (Å²) in [6, 6.07) is 12.1. The second kappa shape index (κ2) is 8.11. The van der Waals surface area contributed by atoms with Crippen molar-refractivity contribution in [2.24, 2.45) is 0 Å². The number of hydrogen-bond donors (Lipinski definition) is 2. The molecular formula is C18H23N5OS. The van der Waals surface area contributed by atoms with Gasteiger partial charge >= 0.3 is 0 Å². The van der Waals surface area contributed by atoms with Crippen LogP contribution in [0.2, 0.25) is 0 Å². The van der Waals surface area contributed by atoms with Crippen LogP contribution in [0, 0.1) is 0 Å². The SMILES string of the molecule is COc1cc(N2CCCC2)nc(NC(=S)NC(C)c2ccccc2)n1. The highest BCUT2D eigenvalue weighted by Gasteiger charge is 2.17. The van der Waals surface area contributed by atoms with Crippen LogP contribution in [0.1, 0.15) is 31.4 Å². The molecule has 0 saturated carbocycles. The summed E-state index contributed by atoms with van der Waals surface area (Å²) < 4.78 is 5.31. The minimum Gasteiger partial charge on any atom is -0.481 e. The predicted octanol–water partition coefficient (Wildman–Crippen LogP) is 3.13. The van der Waals surface area contributed by atoms with Crippen LogP contribution in [-0.2, 0) is 0 Å². The predicted molar refractivity (Wildman–Crippen MR) is 104 cm³/mol. The first-order valence-electron chi connectivity index (χ1n) is 8.46. The first kappa shape index (κ1) is 17.4. The molecule has 1 unspecified atom stereocenters. The zero-order valence-corrected chi connectivity index (χ0v) is 15.3. The Labute approximate surface area is 153 Å². The van der Waals surface area contributed by atoms with Crippen LogP contribution < -0.4 is 20.3 Å². The molecule has 0 radical (unpaired) electrons. The van der Waals surface area contributed by atoms with Gasteiger partial charge in [0.2, 0.25) is 11.8 Å². The van der Waals surface area contributed by atoms with Crippen LogP contribution in [0.3, 0.4) is 0 Å².